The minimum atomic E-state index is -0.842. The molecule has 0 unspecified atom stereocenters. The van der Waals surface area contributed by atoms with Crippen molar-refractivity contribution >= 4 is 22.7 Å². The lowest BCUT2D eigenvalue weighted by atomic mass is 9.89. The Bertz CT molecular complexity index is 1240. The molecule has 0 aliphatic heterocycles. The van der Waals surface area contributed by atoms with E-state index in [0.29, 0.717) is 12.8 Å². The number of rotatable bonds is 11. The maximum atomic E-state index is 13.3. The van der Waals surface area contributed by atoms with Gasteiger partial charge in [0.1, 0.15) is 23.2 Å². The van der Waals surface area contributed by atoms with Gasteiger partial charge in [-0.2, -0.15) is 0 Å². The molecule has 0 aliphatic carbocycles. The Morgan fingerprint density at radius 1 is 1.06 bits per heavy atom. The molecule has 0 radical (unpaired) electrons. The molecule has 196 valence electrons. The minimum Gasteiger partial charge on any atom is -0.507 e. The zero-order valence-corrected chi connectivity index (χ0v) is 22.4. The predicted molar refractivity (Wildman–Crippen MR) is 141 cm³/mol. The van der Waals surface area contributed by atoms with E-state index in [-0.39, 0.29) is 39.8 Å². The number of fused-ring (bicyclic) bond motifs is 1. The molecular formula is C29H38O7. The van der Waals surface area contributed by atoms with Crippen molar-refractivity contribution in [3.05, 3.63) is 56.5 Å². The lowest BCUT2D eigenvalue weighted by molar-refractivity contribution is -0.146. The summed E-state index contributed by atoms with van der Waals surface area (Å²) < 4.78 is 10.8. The lowest BCUT2D eigenvalue weighted by Gasteiger charge is -2.21. The molecule has 1 heterocycles. The summed E-state index contributed by atoms with van der Waals surface area (Å²) in [6.45, 7) is 12.6. The molecule has 7 nitrogen and oxygen atoms in total. The van der Waals surface area contributed by atoms with Gasteiger partial charge in [0.15, 0.2) is 11.4 Å². The smallest absolute Gasteiger partial charge is 0.336 e. The summed E-state index contributed by atoms with van der Waals surface area (Å²) in [6.07, 6.45) is 5.87. The van der Waals surface area contributed by atoms with Crippen molar-refractivity contribution in [1.29, 1.82) is 0 Å². The number of ketones is 1. The van der Waals surface area contributed by atoms with E-state index < -0.39 is 35.1 Å². The van der Waals surface area contributed by atoms with Crippen LogP contribution in [0.4, 0.5) is 0 Å². The highest BCUT2D eigenvalue weighted by molar-refractivity contribution is 6.12. The van der Waals surface area contributed by atoms with Crippen molar-refractivity contribution in [3.8, 4) is 11.5 Å². The first-order chi connectivity index (χ1) is 16.9. The molecular weight excluding hydrogens is 460 g/mol. The summed E-state index contributed by atoms with van der Waals surface area (Å²) in [7, 11) is 0. The molecule has 0 amide bonds. The van der Waals surface area contributed by atoms with E-state index in [1.807, 2.05) is 33.8 Å². The van der Waals surface area contributed by atoms with Crippen LogP contribution in [0.2, 0.25) is 0 Å². The Morgan fingerprint density at radius 2 is 1.72 bits per heavy atom. The van der Waals surface area contributed by atoms with E-state index in [1.54, 1.807) is 13.8 Å². The number of allylic oxidation sites excluding steroid dienone is 4. The molecule has 0 fully saturated rings. The summed E-state index contributed by atoms with van der Waals surface area (Å²) in [5, 5.41) is 22.6. The summed E-state index contributed by atoms with van der Waals surface area (Å²) in [5.41, 5.74) is 1.57. The normalized spacial score (nSPS) is 13.4. The lowest BCUT2D eigenvalue weighted by Crippen LogP contribution is -2.16. The Hall–Kier alpha value is -3.35. The van der Waals surface area contributed by atoms with Gasteiger partial charge in [-0.25, -0.2) is 4.79 Å². The Morgan fingerprint density at radius 3 is 2.28 bits per heavy atom. The number of phenols is 2. The highest BCUT2D eigenvalue weighted by atomic mass is 16.5. The Kier molecular flexibility index (Phi) is 10.1. The summed E-state index contributed by atoms with van der Waals surface area (Å²) in [6, 6.07) is 1.16. The van der Waals surface area contributed by atoms with Crippen LogP contribution >= 0.6 is 0 Å². The topological polar surface area (TPSA) is 114 Å². The van der Waals surface area contributed by atoms with Crippen molar-refractivity contribution in [2.75, 3.05) is 0 Å². The number of ether oxygens (including phenoxy) is 1. The molecule has 2 atom stereocenters. The summed E-state index contributed by atoms with van der Waals surface area (Å²) in [4.78, 5) is 37.6. The quantitative estimate of drug-likeness (QED) is 0.154. The van der Waals surface area contributed by atoms with Gasteiger partial charge in [0.2, 0.25) is 0 Å². The number of benzene rings is 1. The van der Waals surface area contributed by atoms with Crippen LogP contribution in [0.25, 0.3) is 11.0 Å². The number of hydrogen-bond acceptors (Lipinski definition) is 7. The highest BCUT2D eigenvalue weighted by Gasteiger charge is 2.31. The molecule has 0 bridgehead atoms. The van der Waals surface area contributed by atoms with Crippen LogP contribution in [0.15, 0.2) is 38.6 Å². The number of hydrogen-bond donors (Lipinski definition) is 2. The van der Waals surface area contributed by atoms with E-state index in [0.717, 1.165) is 24.5 Å². The predicted octanol–water partition coefficient (Wildman–Crippen LogP) is 6.68. The fourth-order valence-electron chi connectivity index (χ4n) is 4.09. The van der Waals surface area contributed by atoms with Crippen LogP contribution in [0.5, 0.6) is 11.5 Å². The largest absolute Gasteiger partial charge is 0.507 e. The van der Waals surface area contributed by atoms with Gasteiger partial charge in [-0.05, 0) is 52.9 Å². The maximum Gasteiger partial charge on any atom is 0.336 e. The number of esters is 1. The van der Waals surface area contributed by atoms with Crippen molar-refractivity contribution in [2.24, 2.45) is 5.92 Å². The number of Topliss-reactive ketones (excluding diaryl/α,β-unsaturated/α-hetero) is 1. The van der Waals surface area contributed by atoms with Crippen LogP contribution in [0.1, 0.15) is 102 Å². The fraction of sp³-hybridized carbons (Fsp3) is 0.483. The van der Waals surface area contributed by atoms with E-state index in [4.69, 9.17) is 9.15 Å². The first-order valence-corrected chi connectivity index (χ1v) is 12.5. The van der Waals surface area contributed by atoms with Crippen molar-refractivity contribution < 1.29 is 29.0 Å². The zero-order chi connectivity index (χ0) is 27.2. The monoisotopic (exact) mass is 498 g/mol. The second-order valence-corrected chi connectivity index (χ2v) is 9.53. The second kappa shape index (κ2) is 12.6. The van der Waals surface area contributed by atoms with E-state index in [2.05, 4.69) is 6.08 Å². The molecule has 7 heteroatoms. The minimum absolute atomic E-state index is 0.0951. The molecule has 0 spiro atoms. The number of phenolic OH excluding ortho intramolecular Hbond substituents is 2. The second-order valence-electron chi connectivity index (χ2n) is 9.53. The van der Waals surface area contributed by atoms with Crippen LogP contribution in [0, 0.1) is 5.92 Å². The number of carbonyl (C=O) groups is 2. The van der Waals surface area contributed by atoms with Gasteiger partial charge in [-0.15, -0.1) is 0 Å². The molecule has 0 saturated heterocycles. The van der Waals surface area contributed by atoms with Crippen molar-refractivity contribution in [2.45, 2.75) is 86.7 Å². The van der Waals surface area contributed by atoms with Crippen molar-refractivity contribution in [1.82, 2.24) is 0 Å². The van der Waals surface area contributed by atoms with Crippen LogP contribution < -0.4 is 5.63 Å². The molecule has 1 aromatic heterocycles. The number of carbonyl (C=O) groups excluding carboxylic acids is 2. The van der Waals surface area contributed by atoms with Gasteiger partial charge in [0.25, 0.3) is 0 Å². The molecule has 2 rings (SSSR count). The summed E-state index contributed by atoms with van der Waals surface area (Å²) in [5.74, 6) is -2.11. The average Bonchev–Trinajstić information content (AvgIpc) is 2.80. The third kappa shape index (κ3) is 6.65. The molecule has 2 N–H and O–H groups in total. The van der Waals surface area contributed by atoms with Gasteiger partial charge < -0.3 is 19.4 Å². The van der Waals surface area contributed by atoms with Gasteiger partial charge in [0.05, 0.1) is 5.39 Å². The first kappa shape index (κ1) is 28.9. The van der Waals surface area contributed by atoms with Crippen molar-refractivity contribution in [3.63, 3.8) is 0 Å². The highest BCUT2D eigenvalue weighted by Crippen LogP contribution is 2.44. The molecule has 0 aliphatic rings. The zero-order valence-electron chi connectivity index (χ0n) is 22.4. The van der Waals surface area contributed by atoms with E-state index in [1.165, 1.54) is 12.5 Å². The van der Waals surface area contributed by atoms with Crippen LogP contribution in [-0.2, 0) is 16.0 Å². The van der Waals surface area contributed by atoms with Gasteiger partial charge in [-0.3, -0.25) is 9.59 Å². The first-order valence-electron chi connectivity index (χ1n) is 12.5. The molecule has 0 saturated carbocycles. The molecule has 36 heavy (non-hydrogen) atoms. The van der Waals surface area contributed by atoms with Gasteiger partial charge in [0, 0.05) is 30.0 Å². The standard InChI is InChI=1S/C29H38O7/c1-8-18(6)26(32)25-28(34)20(14-13-17(5)12-10-11-16(3)4)27(33)24-21(15-23(31)36-29(24)25)22(9-2)35-19(7)30/h11,13,15,18,22,33-34H,8-10,12,14H2,1-7H3/b17-13+/t18-,22-/m0/s1. The third-order valence-electron chi connectivity index (χ3n) is 6.34. The molecule has 2 aromatic rings. The SMILES string of the molecule is CC[C@H](OC(C)=O)c1cc(=O)oc2c(C(=O)[C@@H](C)CC)c(O)c(C/C=C(\C)CCC=C(C)C)c(O)c12. The Balaban J connectivity index is 2.84. The number of aromatic hydroxyl groups is 2. The fourth-order valence-corrected chi connectivity index (χ4v) is 4.09. The maximum absolute atomic E-state index is 13.3. The van der Waals surface area contributed by atoms with Crippen LogP contribution in [0.3, 0.4) is 0 Å². The molecule has 1 aromatic carbocycles. The van der Waals surface area contributed by atoms with E-state index >= 15 is 0 Å². The third-order valence-corrected chi connectivity index (χ3v) is 6.34. The van der Waals surface area contributed by atoms with Gasteiger partial charge >= 0.3 is 11.6 Å². The Labute approximate surface area is 212 Å². The average molecular weight is 499 g/mol. The summed E-state index contributed by atoms with van der Waals surface area (Å²) >= 11 is 0. The van der Waals surface area contributed by atoms with Crippen LogP contribution in [-0.4, -0.2) is 22.0 Å². The van der Waals surface area contributed by atoms with Gasteiger partial charge in [-0.1, -0.05) is 44.1 Å². The van der Waals surface area contributed by atoms with E-state index in [9.17, 15) is 24.6 Å².